The molecule has 0 aliphatic rings. The second-order valence-electron chi connectivity index (χ2n) is 10.7. The van der Waals surface area contributed by atoms with Crippen LogP contribution in [-0.4, -0.2) is 10.8 Å². The van der Waals surface area contributed by atoms with Gasteiger partial charge in [0.25, 0.3) is 0 Å². The lowest BCUT2D eigenvalue weighted by Gasteiger charge is -2.19. The van der Waals surface area contributed by atoms with Crippen LogP contribution in [0.5, 0.6) is 5.75 Å². The van der Waals surface area contributed by atoms with Crippen molar-refractivity contribution in [2.24, 2.45) is 4.99 Å². The molecule has 186 valence electrons. The van der Waals surface area contributed by atoms with E-state index in [-0.39, 0.29) is 5.75 Å². The number of hydrogen-bond donors (Lipinski definition) is 1. The highest BCUT2D eigenvalue weighted by Crippen LogP contribution is 2.34. The summed E-state index contributed by atoms with van der Waals surface area (Å²) in [7, 11) is 0. The predicted octanol–water partition coefficient (Wildman–Crippen LogP) is 9.33. The SMILES string of the molecule is CCCCc1c(C)cc(Cc2cc(C)c(N=C(C)c3cccc(O)c3)c(C(C)C)c2)cc1C(C)C. The Balaban J connectivity index is 2.00. The van der Waals surface area contributed by atoms with E-state index in [0.29, 0.717) is 11.8 Å². The van der Waals surface area contributed by atoms with Gasteiger partial charge in [0.1, 0.15) is 5.75 Å². The van der Waals surface area contributed by atoms with Crippen molar-refractivity contribution in [2.75, 3.05) is 0 Å². The molecule has 0 aromatic heterocycles. The van der Waals surface area contributed by atoms with Crippen molar-refractivity contribution in [1.29, 1.82) is 0 Å². The third-order valence-electron chi connectivity index (χ3n) is 6.93. The summed E-state index contributed by atoms with van der Waals surface area (Å²) >= 11 is 0. The molecule has 3 aromatic carbocycles. The third-order valence-corrected chi connectivity index (χ3v) is 6.93. The molecule has 0 saturated carbocycles. The second-order valence-corrected chi connectivity index (χ2v) is 10.7. The Kier molecular flexibility index (Phi) is 8.94. The molecular weight excluding hydrogens is 426 g/mol. The maximum Gasteiger partial charge on any atom is 0.116 e. The normalized spacial score (nSPS) is 12.1. The van der Waals surface area contributed by atoms with Gasteiger partial charge >= 0.3 is 0 Å². The summed E-state index contributed by atoms with van der Waals surface area (Å²) in [5.74, 6) is 1.17. The van der Waals surface area contributed by atoms with Gasteiger partial charge in [0, 0.05) is 5.71 Å². The van der Waals surface area contributed by atoms with Crippen LogP contribution in [0.1, 0.15) is 111 Å². The summed E-state index contributed by atoms with van der Waals surface area (Å²) in [5.41, 5.74) is 12.6. The summed E-state index contributed by atoms with van der Waals surface area (Å²) < 4.78 is 0. The molecule has 0 unspecified atom stereocenters. The largest absolute Gasteiger partial charge is 0.508 e. The smallest absolute Gasteiger partial charge is 0.116 e. The van der Waals surface area contributed by atoms with Crippen molar-refractivity contribution < 1.29 is 5.11 Å². The molecule has 0 aliphatic carbocycles. The number of phenolic OH excluding ortho intramolecular Hbond substituents is 1. The summed E-state index contributed by atoms with van der Waals surface area (Å²) in [5, 5.41) is 9.88. The standard InChI is InChI=1S/C33H43NO/c1-9-10-14-30-23(6)15-26(18-31(30)21(2)3)17-27-16-24(7)33(32(19-27)22(4)5)34-25(8)28-12-11-13-29(35)20-28/h11-13,15-16,18-22,35H,9-10,14,17H2,1-8H3. The number of nitrogens with zero attached hydrogens (tertiary/aromatic N) is 1. The lowest BCUT2D eigenvalue weighted by Crippen LogP contribution is -2.03. The number of benzene rings is 3. The lowest BCUT2D eigenvalue weighted by molar-refractivity contribution is 0.475. The van der Waals surface area contributed by atoms with E-state index in [2.05, 4.69) is 72.7 Å². The van der Waals surface area contributed by atoms with Gasteiger partial charge in [-0.15, -0.1) is 0 Å². The Morgan fingerprint density at radius 1 is 0.857 bits per heavy atom. The summed E-state index contributed by atoms with van der Waals surface area (Å²) in [6.45, 7) is 17.9. The van der Waals surface area contributed by atoms with Crippen molar-refractivity contribution in [3.8, 4) is 5.75 Å². The van der Waals surface area contributed by atoms with E-state index in [1.807, 2.05) is 19.1 Å². The van der Waals surface area contributed by atoms with E-state index in [9.17, 15) is 5.11 Å². The fourth-order valence-corrected chi connectivity index (χ4v) is 5.01. The van der Waals surface area contributed by atoms with Crippen LogP contribution in [0.4, 0.5) is 5.69 Å². The summed E-state index contributed by atoms with van der Waals surface area (Å²) in [6.07, 6.45) is 4.60. The van der Waals surface area contributed by atoms with Crippen LogP contribution in [0.3, 0.4) is 0 Å². The first-order valence-electron chi connectivity index (χ1n) is 13.2. The zero-order valence-electron chi connectivity index (χ0n) is 23.0. The molecule has 0 radical (unpaired) electrons. The first-order chi connectivity index (χ1) is 16.6. The van der Waals surface area contributed by atoms with Crippen LogP contribution in [0, 0.1) is 13.8 Å². The number of phenols is 1. The minimum atomic E-state index is 0.268. The van der Waals surface area contributed by atoms with E-state index < -0.39 is 0 Å². The molecule has 3 rings (SSSR count). The van der Waals surface area contributed by atoms with Crippen molar-refractivity contribution in [1.82, 2.24) is 0 Å². The first-order valence-corrected chi connectivity index (χ1v) is 13.2. The Morgan fingerprint density at radius 3 is 2.09 bits per heavy atom. The highest BCUT2D eigenvalue weighted by Gasteiger charge is 2.15. The van der Waals surface area contributed by atoms with Crippen LogP contribution in [-0.2, 0) is 12.8 Å². The molecule has 0 heterocycles. The molecule has 35 heavy (non-hydrogen) atoms. The van der Waals surface area contributed by atoms with Gasteiger partial charge in [0.15, 0.2) is 0 Å². The molecule has 0 amide bonds. The van der Waals surface area contributed by atoms with Gasteiger partial charge in [-0.05, 0) is 109 Å². The number of aromatic hydroxyl groups is 1. The molecule has 2 heteroatoms. The van der Waals surface area contributed by atoms with Crippen molar-refractivity contribution in [3.05, 3.63) is 93.0 Å². The lowest BCUT2D eigenvalue weighted by atomic mass is 9.86. The van der Waals surface area contributed by atoms with Crippen molar-refractivity contribution in [2.45, 2.75) is 92.9 Å². The molecule has 0 fully saturated rings. The molecule has 1 N–H and O–H groups in total. The number of aliphatic imine (C=N–C) groups is 1. The zero-order valence-corrected chi connectivity index (χ0v) is 23.0. The molecular formula is C33H43NO. The molecule has 0 spiro atoms. The van der Waals surface area contributed by atoms with Crippen LogP contribution >= 0.6 is 0 Å². The van der Waals surface area contributed by atoms with Crippen LogP contribution in [0.2, 0.25) is 0 Å². The average Bonchev–Trinajstić information content (AvgIpc) is 2.79. The van der Waals surface area contributed by atoms with Crippen LogP contribution < -0.4 is 0 Å². The first kappa shape index (κ1) is 26.7. The molecule has 2 nitrogen and oxygen atoms in total. The van der Waals surface area contributed by atoms with Gasteiger partial charge in [-0.2, -0.15) is 0 Å². The Labute approximate surface area is 213 Å². The number of rotatable bonds is 9. The molecule has 0 saturated heterocycles. The maximum atomic E-state index is 9.88. The third kappa shape index (κ3) is 6.63. The fourth-order valence-electron chi connectivity index (χ4n) is 5.01. The van der Waals surface area contributed by atoms with E-state index in [0.717, 1.165) is 23.4 Å². The van der Waals surface area contributed by atoms with E-state index >= 15 is 0 Å². The number of hydrogen-bond acceptors (Lipinski definition) is 2. The van der Waals surface area contributed by atoms with Gasteiger partial charge in [-0.3, -0.25) is 4.99 Å². The van der Waals surface area contributed by atoms with Gasteiger partial charge in [-0.1, -0.05) is 77.4 Å². The number of unbranched alkanes of at least 4 members (excludes halogenated alkanes) is 1. The van der Waals surface area contributed by atoms with Gasteiger partial charge in [-0.25, -0.2) is 0 Å². The highest BCUT2D eigenvalue weighted by molar-refractivity contribution is 6.00. The fraction of sp³-hybridized carbons (Fsp3) is 0.424. The zero-order chi connectivity index (χ0) is 25.7. The minimum absolute atomic E-state index is 0.268. The van der Waals surface area contributed by atoms with Crippen molar-refractivity contribution in [3.63, 3.8) is 0 Å². The number of aryl methyl sites for hydroxylation is 2. The summed E-state index contributed by atoms with van der Waals surface area (Å²) in [6, 6.07) is 16.8. The van der Waals surface area contributed by atoms with Crippen LogP contribution in [0.25, 0.3) is 0 Å². The van der Waals surface area contributed by atoms with Crippen LogP contribution in [0.15, 0.2) is 53.5 Å². The second kappa shape index (κ2) is 11.7. The summed E-state index contributed by atoms with van der Waals surface area (Å²) in [4.78, 5) is 5.04. The van der Waals surface area contributed by atoms with Gasteiger partial charge in [0.05, 0.1) is 5.69 Å². The van der Waals surface area contributed by atoms with E-state index in [1.165, 1.54) is 52.6 Å². The topological polar surface area (TPSA) is 32.6 Å². The van der Waals surface area contributed by atoms with Gasteiger partial charge < -0.3 is 5.11 Å². The molecule has 0 atom stereocenters. The Bertz CT molecular complexity index is 1200. The monoisotopic (exact) mass is 469 g/mol. The van der Waals surface area contributed by atoms with Crippen molar-refractivity contribution >= 4 is 11.4 Å². The quantitative estimate of drug-likeness (QED) is 0.311. The Morgan fingerprint density at radius 2 is 1.49 bits per heavy atom. The molecule has 3 aromatic rings. The van der Waals surface area contributed by atoms with Gasteiger partial charge in [0.2, 0.25) is 0 Å². The molecule has 0 bridgehead atoms. The molecule has 0 aliphatic heterocycles. The predicted molar refractivity (Wildman–Crippen MR) is 152 cm³/mol. The van der Waals surface area contributed by atoms with E-state index in [4.69, 9.17) is 4.99 Å². The maximum absolute atomic E-state index is 9.88. The average molecular weight is 470 g/mol. The van der Waals surface area contributed by atoms with E-state index in [1.54, 1.807) is 17.7 Å². The minimum Gasteiger partial charge on any atom is -0.508 e. The Hall–Kier alpha value is -2.87. The highest BCUT2D eigenvalue weighted by atomic mass is 16.3.